The van der Waals surface area contributed by atoms with Crippen LogP contribution in [0.4, 0.5) is 0 Å². The van der Waals surface area contributed by atoms with Crippen molar-refractivity contribution >= 4 is 39.1 Å². The van der Waals surface area contributed by atoms with E-state index in [1.807, 2.05) is 6.07 Å². The van der Waals surface area contributed by atoms with E-state index in [1.165, 1.54) is 31.4 Å². The van der Waals surface area contributed by atoms with Gasteiger partial charge in [0.1, 0.15) is 4.90 Å². The smallest absolute Gasteiger partial charge is 0.253 e. The van der Waals surface area contributed by atoms with Crippen molar-refractivity contribution in [2.75, 3.05) is 6.54 Å². The van der Waals surface area contributed by atoms with Crippen LogP contribution in [-0.2, 0) is 16.6 Å². The van der Waals surface area contributed by atoms with Crippen LogP contribution in [0.15, 0.2) is 41.6 Å². The number of hydrogen-bond donors (Lipinski definition) is 2. The average Bonchev–Trinajstić information content (AvgIpc) is 2.76. The molecule has 2 N–H and O–H groups in total. The molecule has 176 valence electrons. The number of hydrogen-bond acceptors (Lipinski definition) is 4. The van der Waals surface area contributed by atoms with Gasteiger partial charge in [0.2, 0.25) is 10.0 Å². The number of rotatable bonds is 7. The third-order valence-electron chi connectivity index (χ3n) is 7.53. The normalized spacial score (nSPS) is 28.1. The average molecular weight is 508 g/mol. The number of carbonyl (C=O) groups is 1. The molecule has 0 unspecified atom stereocenters. The zero-order valence-electron chi connectivity index (χ0n) is 18.2. The summed E-state index contributed by atoms with van der Waals surface area (Å²) in [6, 6.07) is 6.20. The van der Waals surface area contributed by atoms with Crippen LogP contribution in [0.5, 0.6) is 0 Å². The first-order valence-electron chi connectivity index (χ1n) is 11.4. The lowest BCUT2D eigenvalue weighted by Gasteiger charge is -2.56. The van der Waals surface area contributed by atoms with Gasteiger partial charge in [-0.25, -0.2) is 13.1 Å². The lowest BCUT2D eigenvalue weighted by molar-refractivity contribution is -0.0487. The van der Waals surface area contributed by atoms with Crippen molar-refractivity contribution in [1.82, 2.24) is 15.0 Å². The first-order valence-corrected chi connectivity index (χ1v) is 13.6. The molecule has 6 rings (SSSR count). The molecule has 0 aliphatic heterocycles. The summed E-state index contributed by atoms with van der Waals surface area (Å²) in [5.74, 6) is 1.72. The Morgan fingerprint density at radius 3 is 2.33 bits per heavy atom. The van der Waals surface area contributed by atoms with Crippen LogP contribution in [0.3, 0.4) is 0 Å². The summed E-state index contributed by atoms with van der Waals surface area (Å²) in [5.41, 5.74) is 0.936. The highest BCUT2D eigenvalue weighted by Gasteiger charge is 2.51. The van der Waals surface area contributed by atoms with E-state index in [0.29, 0.717) is 6.54 Å². The standard InChI is InChI=1S/C24H27Cl2N3O3S/c25-20-8-21(26)22(7-19(20)23(30)28-13-15-2-1-3-27-12-15)33(31,32)29-14-24-9-16-4-17(10-24)6-18(5-16)11-24/h1-3,7-8,12,16-18,29H,4-6,9-11,13-14H2,(H,28,30). The largest absolute Gasteiger partial charge is 0.348 e. The maximum atomic E-state index is 13.2. The Hall–Kier alpha value is -1.67. The third-order valence-corrected chi connectivity index (χ3v) is 9.71. The fourth-order valence-corrected chi connectivity index (χ4v) is 8.54. The second-order valence-electron chi connectivity index (χ2n) is 10.0. The minimum atomic E-state index is -3.91. The fourth-order valence-electron chi connectivity index (χ4n) is 6.52. The highest BCUT2D eigenvalue weighted by Crippen LogP contribution is 2.59. The summed E-state index contributed by atoms with van der Waals surface area (Å²) in [5, 5.41) is 2.86. The van der Waals surface area contributed by atoms with Gasteiger partial charge in [0.25, 0.3) is 5.91 Å². The third kappa shape index (κ3) is 4.78. The number of amides is 1. The molecule has 6 nitrogen and oxygen atoms in total. The van der Waals surface area contributed by atoms with Crippen molar-refractivity contribution in [3.05, 3.63) is 57.8 Å². The van der Waals surface area contributed by atoms with E-state index in [-0.39, 0.29) is 32.5 Å². The molecular formula is C24H27Cl2N3O3S. The van der Waals surface area contributed by atoms with Crippen LogP contribution >= 0.6 is 23.2 Å². The molecule has 0 radical (unpaired) electrons. The van der Waals surface area contributed by atoms with Crippen molar-refractivity contribution in [1.29, 1.82) is 0 Å². The molecule has 1 aromatic heterocycles. The van der Waals surface area contributed by atoms with E-state index >= 15 is 0 Å². The summed E-state index contributed by atoms with van der Waals surface area (Å²) < 4.78 is 29.3. The molecule has 1 amide bonds. The molecule has 0 atom stereocenters. The minimum absolute atomic E-state index is 0.00169. The number of benzene rings is 1. The Labute approximate surface area is 204 Å². The van der Waals surface area contributed by atoms with Gasteiger partial charge >= 0.3 is 0 Å². The maximum absolute atomic E-state index is 13.2. The molecule has 0 spiro atoms. The summed E-state index contributed by atoms with van der Waals surface area (Å²) in [6.07, 6.45) is 10.5. The van der Waals surface area contributed by atoms with Crippen LogP contribution in [0.1, 0.15) is 54.4 Å². The van der Waals surface area contributed by atoms with Gasteiger partial charge in [0.15, 0.2) is 0 Å². The van der Waals surface area contributed by atoms with E-state index in [4.69, 9.17) is 23.2 Å². The van der Waals surface area contributed by atoms with Crippen molar-refractivity contribution in [3.8, 4) is 0 Å². The number of aromatic nitrogens is 1. The number of sulfonamides is 1. The molecule has 0 saturated heterocycles. The number of pyridine rings is 1. The topological polar surface area (TPSA) is 88.2 Å². The van der Waals surface area contributed by atoms with Gasteiger partial charge in [-0.2, -0.15) is 0 Å². The molecule has 2 aromatic rings. The molecule has 33 heavy (non-hydrogen) atoms. The Morgan fingerprint density at radius 2 is 1.73 bits per heavy atom. The van der Waals surface area contributed by atoms with Crippen LogP contribution < -0.4 is 10.0 Å². The number of nitrogens with one attached hydrogen (secondary N) is 2. The van der Waals surface area contributed by atoms with Gasteiger partial charge < -0.3 is 5.32 Å². The SMILES string of the molecule is O=C(NCc1cccnc1)c1cc(S(=O)(=O)NCC23CC4CC(CC(C4)C2)C3)c(Cl)cc1Cl. The summed E-state index contributed by atoms with van der Waals surface area (Å²) in [7, 11) is -3.91. The monoisotopic (exact) mass is 507 g/mol. The van der Waals surface area contributed by atoms with E-state index in [9.17, 15) is 13.2 Å². The van der Waals surface area contributed by atoms with Gasteiger partial charge in [-0.05, 0) is 85.5 Å². The minimum Gasteiger partial charge on any atom is -0.348 e. The Bertz CT molecular complexity index is 1140. The van der Waals surface area contributed by atoms with Gasteiger partial charge in [0.05, 0.1) is 15.6 Å². The lowest BCUT2D eigenvalue weighted by atomic mass is 9.50. The first-order chi connectivity index (χ1) is 15.7. The van der Waals surface area contributed by atoms with Crippen LogP contribution in [0.2, 0.25) is 10.0 Å². The van der Waals surface area contributed by atoms with E-state index < -0.39 is 15.9 Å². The molecule has 4 saturated carbocycles. The molecule has 1 aromatic carbocycles. The molecule has 4 aliphatic rings. The Balaban J connectivity index is 1.32. The highest BCUT2D eigenvalue weighted by molar-refractivity contribution is 7.89. The summed E-state index contributed by atoms with van der Waals surface area (Å²) in [4.78, 5) is 16.6. The molecule has 4 fully saturated rings. The van der Waals surface area contributed by atoms with Crippen molar-refractivity contribution in [2.45, 2.75) is 50.0 Å². The summed E-state index contributed by atoms with van der Waals surface area (Å²) in [6.45, 7) is 0.665. The zero-order valence-corrected chi connectivity index (χ0v) is 20.5. The number of carbonyl (C=O) groups excluding carboxylic acids is 1. The number of nitrogens with zero attached hydrogens (tertiary/aromatic N) is 1. The molecule has 4 bridgehead atoms. The van der Waals surface area contributed by atoms with Gasteiger partial charge in [-0.15, -0.1) is 0 Å². The zero-order chi connectivity index (χ0) is 23.2. The van der Waals surface area contributed by atoms with Crippen molar-refractivity contribution < 1.29 is 13.2 Å². The maximum Gasteiger partial charge on any atom is 0.253 e. The Morgan fingerprint density at radius 1 is 1.06 bits per heavy atom. The number of halogens is 2. The second kappa shape index (κ2) is 8.84. The summed E-state index contributed by atoms with van der Waals surface area (Å²) >= 11 is 12.5. The predicted molar refractivity (Wildman–Crippen MR) is 128 cm³/mol. The Kier molecular flexibility index (Phi) is 6.18. The van der Waals surface area contributed by atoms with Crippen LogP contribution in [0.25, 0.3) is 0 Å². The fraction of sp³-hybridized carbons (Fsp3) is 0.500. The molecule has 1 heterocycles. The highest BCUT2D eigenvalue weighted by atomic mass is 35.5. The van der Waals surface area contributed by atoms with Gasteiger partial charge in [0, 0.05) is 25.5 Å². The van der Waals surface area contributed by atoms with Crippen molar-refractivity contribution in [2.24, 2.45) is 23.2 Å². The van der Waals surface area contributed by atoms with E-state index in [0.717, 1.165) is 42.6 Å². The molecule has 9 heteroatoms. The lowest BCUT2D eigenvalue weighted by Crippen LogP contribution is -2.51. The van der Waals surface area contributed by atoms with Crippen molar-refractivity contribution in [3.63, 3.8) is 0 Å². The van der Waals surface area contributed by atoms with E-state index in [2.05, 4.69) is 15.0 Å². The van der Waals surface area contributed by atoms with E-state index in [1.54, 1.807) is 18.5 Å². The van der Waals surface area contributed by atoms with Gasteiger partial charge in [-0.1, -0.05) is 29.3 Å². The first kappa shape index (κ1) is 23.1. The predicted octanol–water partition coefficient (Wildman–Crippen LogP) is 4.81. The van der Waals surface area contributed by atoms with Crippen LogP contribution in [0, 0.1) is 23.2 Å². The van der Waals surface area contributed by atoms with Gasteiger partial charge in [-0.3, -0.25) is 9.78 Å². The molecular weight excluding hydrogens is 481 g/mol. The quantitative estimate of drug-likeness (QED) is 0.562. The van der Waals surface area contributed by atoms with Crippen LogP contribution in [-0.4, -0.2) is 25.9 Å². The molecule has 4 aliphatic carbocycles. The second-order valence-corrected chi connectivity index (χ2v) is 12.6.